The van der Waals surface area contributed by atoms with Gasteiger partial charge >= 0.3 is 24.3 Å². The van der Waals surface area contributed by atoms with E-state index in [0.29, 0.717) is 12.2 Å². The number of hydrogen-bond acceptors (Lipinski definition) is 7. The number of rotatable bonds is 11. The molecule has 0 saturated heterocycles. The standard InChI is InChI=1S/C21H29N3O2.C2F4O2.C2HF3O2/c1-24(2)14-4-3-12-23-13-15-26-20-10-8-17(9-11-20)18-6-5-7-19(16-18)21(22)25;3-2(4,5)1(7)8-6;3-2(4,5)1(6)7/h5-11,16,23H,3-4,12-15H2,1-2H3,(H2,22,25);;(H,6,7). The van der Waals surface area contributed by atoms with Gasteiger partial charge in [0.15, 0.2) is 0 Å². The Balaban J connectivity index is 0.000000875. The highest BCUT2D eigenvalue weighted by atomic mass is 19.4. The number of carboxylic acids is 1. The van der Waals surface area contributed by atoms with E-state index in [2.05, 4.69) is 24.3 Å². The highest BCUT2D eigenvalue weighted by Gasteiger charge is 2.42. The Labute approximate surface area is 230 Å². The molecule has 16 heteroatoms. The van der Waals surface area contributed by atoms with Gasteiger partial charge in [-0.2, -0.15) is 26.3 Å². The van der Waals surface area contributed by atoms with Crippen LogP contribution in [0.25, 0.3) is 11.1 Å². The van der Waals surface area contributed by atoms with Crippen molar-refractivity contribution >= 4 is 17.8 Å². The molecule has 0 fully saturated rings. The van der Waals surface area contributed by atoms with Crippen molar-refractivity contribution in [2.45, 2.75) is 25.2 Å². The van der Waals surface area contributed by atoms with Crippen LogP contribution in [0, 0.1) is 0 Å². The van der Waals surface area contributed by atoms with E-state index in [1.807, 2.05) is 41.3 Å². The van der Waals surface area contributed by atoms with Crippen LogP contribution in [0.5, 0.6) is 5.75 Å². The van der Waals surface area contributed by atoms with Crippen LogP contribution >= 0.6 is 0 Å². The molecule has 0 heterocycles. The lowest BCUT2D eigenvalue weighted by molar-refractivity contribution is -0.234. The smallest absolute Gasteiger partial charge is 0.492 e. The van der Waals surface area contributed by atoms with Gasteiger partial charge in [-0.05, 0) is 75.4 Å². The number of unbranched alkanes of at least 4 members (excludes halogenated alkanes) is 1. The molecular weight excluding hydrogens is 571 g/mol. The predicted molar refractivity (Wildman–Crippen MR) is 133 cm³/mol. The van der Waals surface area contributed by atoms with Crippen molar-refractivity contribution in [1.29, 1.82) is 0 Å². The fraction of sp³-hybridized carbons (Fsp3) is 0.400. The molecule has 9 nitrogen and oxygen atoms in total. The van der Waals surface area contributed by atoms with E-state index in [1.165, 1.54) is 12.8 Å². The van der Waals surface area contributed by atoms with Crippen LogP contribution in [0.2, 0.25) is 0 Å². The summed E-state index contributed by atoms with van der Waals surface area (Å²) in [5.74, 6) is -5.17. The second-order valence-corrected chi connectivity index (χ2v) is 8.24. The average Bonchev–Trinajstić information content (AvgIpc) is 2.89. The summed E-state index contributed by atoms with van der Waals surface area (Å²) in [6.07, 6.45) is -7.93. The molecule has 0 unspecified atom stereocenters. The molecule has 0 aromatic heterocycles. The van der Waals surface area contributed by atoms with Crippen LogP contribution in [0.3, 0.4) is 0 Å². The van der Waals surface area contributed by atoms with Crippen molar-refractivity contribution in [3.8, 4) is 16.9 Å². The van der Waals surface area contributed by atoms with Crippen molar-refractivity contribution in [2.24, 2.45) is 5.73 Å². The van der Waals surface area contributed by atoms with Crippen LogP contribution < -0.4 is 15.8 Å². The van der Waals surface area contributed by atoms with E-state index >= 15 is 0 Å². The van der Waals surface area contributed by atoms with Gasteiger partial charge in [-0.1, -0.05) is 24.3 Å². The lowest BCUT2D eigenvalue weighted by Crippen LogP contribution is -2.23. The van der Waals surface area contributed by atoms with Crippen molar-refractivity contribution < 1.29 is 60.0 Å². The third-order valence-corrected chi connectivity index (χ3v) is 4.64. The Kier molecular flexibility index (Phi) is 16.7. The van der Waals surface area contributed by atoms with Gasteiger partial charge < -0.3 is 25.8 Å². The first-order valence-electron chi connectivity index (χ1n) is 11.7. The first kappa shape index (κ1) is 37.1. The topological polar surface area (TPSA) is 131 Å². The number of aliphatic carboxylic acids is 1. The van der Waals surface area contributed by atoms with Crippen LogP contribution in [0.4, 0.5) is 30.9 Å². The second-order valence-electron chi connectivity index (χ2n) is 8.24. The summed E-state index contributed by atoms with van der Waals surface area (Å²) in [5, 5.41) is 10.5. The van der Waals surface area contributed by atoms with E-state index < -0.39 is 30.2 Å². The quantitative estimate of drug-likeness (QED) is 0.256. The highest BCUT2D eigenvalue weighted by molar-refractivity contribution is 5.94. The van der Waals surface area contributed by atoms with Crippen LogP contribution in [0.15, 0.2) is 48.5 Å². The van der Waals surface area contributed by atoms with Gasteiger partial charge in [-0.15, -0.1) is 0 Å². The first-order valence-corrected chi connectivity index (χ1v) is 11.7. The fourth-order valence-corrected chi connectivity index (χ4v) is 2.68. The van der Waals surface area contributed by atoms with Gasteiger partial charge in [0.1, 0.15) is 12.4 Å². The first-order chi connectivity index (χ1) is 19.0. The lowest BCUT2D eigenvalue weighted by Gasteiger charge is -2.10. The molecule has 0 saturated carbocycles. The Bertz CT molecular complexity index is 1080. The molecule has 2 rings (SSSR count). The Hall–Kier alpha value is -3.92. The Morgan fingerprint density at radius 2 is 1.49 bits per heavy atom. The average molecular weight is 602 g/mol. The van der Waals surface area contributed by atoms with Gasteiger partial charge in [-0.3, -0.25) is 4.79 Å². The number of nitrogens with one attached hydrogen (secondary N) is 1. The monoisotopic (exact) mass is 601 g/mol. The second kappa shape index (κ2) is 18.4. The summed E-state index contributed by atoms with van der Waals surface area (Å²) in [4.78, 5) is 33.4. The highest BCUT2D eigenvalue weighted by Crippen LogP contribution is 2.23. The summed E-state index contributed by atoms with van der Waals surface area (Å²) in [7, 11) is 4.20. The molecular formula is C25H30F7N3O6. The summed E-state index contributed by atoms with van der Waals surface area (Å²) in [5.41, 5.74) is 7.84. The number of carbonyl (C=O) groups excluding carboxylic acids is 2. The maximum absolute atomic E-state index is 11.3. The number of halogens is 7. The fourth-order valence-electron chi connectivity index (χ4n) is 2.68. The number of benzene rings is 2. The molecule has 0 aliphatic carbocycles. The summed E-state index contributed by atoms with van der Waals surface area (Å²) < 4.78 is 80.0. The van der Waals surface area contributed by atoms with E-state index in [1.54, 1.807) is 12.1 Å². The minimum atomic E-state index is -5.23. The molecule has 230 valence electrons. The van der Waals surface area contributed by atoms with E-state index in [-0.39, 0.29) is 0 Å². The molecule has 0 radical (unpaired) electrons. The lowest BCUT2D eigenvalue weighted by atomic mass is 10.0. The zero-order chi connectivity index (χ0) is 31.6. The van der Waals surface area contributed by atoms with Gasteiger partial charge in [0, 0.05) is 16.6 Å². The minimum absolute atomic E-state index is 0.416. The molecule has 0 aliphatic heterocycles. The van der Waals surface area contributed by atoms with E-state index in [0.717, 1.165) is 36.5 Å². The molecule has 4 N–H and O–H groups in total. The molecule has 0 aliphatic rings. The predicted octanol–water partition coefficient (Wildman–Crippen LogP) is 4.37. The molecule has 41 heavy (non-hydrogen) atoms. The normalized spacial score (nSPS) is 11.0. The number of alkyl halides is 6. The van der Waals surface area contributed by atoms with E-state index in [4.69, 9.17) is 25.2 Å². The minimum Gasteiger partial charge on any atom is -0.492 e. The number of hydrogen-bond donors (Lipinski definition) is 3. The van der Waals surface area contributed by atoms with Crippen LogP contribution in [0.1, 0.15) is 23.2 Å². The summed E-state index contributed by atoms with van der Waals surface area (Å²) >= 11 is 0. The molecule has 1 amide bonds. The molecule has 0 spiro atoms. The van der Waals surface area contributed by atoms with Crippen molar-refractivity contribution in [2.75, 3.05) is 40.3 Å². The number of nitrogens with zero attached hydrogens (tertiary/aromatic N) is 1. The molecule has 2 aromatic carbocycles. The van der Waals surface area contributed by atoms with Crippen molar-refractivity contribution in [1.82, 2.24) is 10.2 Å². The third kappa shape index (κ3) is 17.4. The molecule has 0 atom stereocenters. The number of carboxylic acid groups (broad SMARTS) is 1. The van der Waals surface area contributed by atoms with E-state index in [9.17, 15) is 35.7 Å². The molecule has 2 aromatic rings. The number of carbonyl (C=O) groups is 3. The summed E-state index contributed by atoms with van der Waals surface area (Å²) in [6, 6.07) is 15.2. The van der Waals surface area contributed by atoms with Gasteiger partial charge in [0.05, 0.1) is 0 Å². The van der Waals surface area contributed by atoms with Gasteiger partial charge in [-0.25, -0.2) is 14.5 Å². The van der Waals surface area contributed by atoms with Gasteiger partial charge in [0.2, 0.25) is 5.91 Å². The van der Waals surface area contributed by atoms with Crippen molar-refractivity contribution in [3.05, 3.63) is 54.1 Å². The zero-order valence-electron chi connectivity index (χ0n) is 22.0. The van der Waals surface area contributed by atoms with Gasteiger partial charge in [0.25, 0.3) is 0 Å². The third-order valence-electron chi connectivity index (χ3n) is 4.64. The number of ether oxygens (including phenoxy) is 1. The van der Waals surface area contributed by atoms with Crippen LogP contribution in [-0.2, 0) is 14.5 Å². The number of primary amides is 1. The maximum Gasteiger partial charge on any atom is 0.494 e. The Morgan fingerprint density at radius 1 is 0.902 bits per heavy atom. The maximum atomic E-state index is 11.3. The largest absolute Gasteiger partial charge is 0.494 e. The zero-order valence-corrected chi connectivity index (χ0v) is 22.0. The molecule has 0 bridgehead atoms. The summed E-state index contributed by atoms with van der Waals surface area (Å²) in [6.45, 7) is 3.63. The van der Waals surface area contributed by atoms with Crippen LogP contribution in [-0.4, -0.2) is 80.5 Å². The SMILES string of the molecule is CN(C)CCCCNCCOc1ccc(-c2cccc(C(N)=O)c2)cc1.O=C(O)C(F)(F)F.O=C(OF)C(F)(F)F. The number of nitrogens with two attached hydrogens (primary N) is 1. The van der Waals surface area contributed by atoms with Crippen molar-refractivity contribution in [3.63, 3.8) is 0 Å². The Morgan fingerprint density at radius 3 is 1.93 bits per heavy atom. The number of amides is 1.